The highest BCUT2D eigenvalue weighted by molar-refractivity contribution is 5.85. The van der Waals surface area contributed by atoms with Gasteiger partial charge in [-0.2, -0.15) is 0 Å². The summed E-state index contributed by atoms with van der Waals surface area (Å²) in [6, 6.07) is -0.0150. The van der Waals surface area contributed by atoms with Gasteiger partial charge in [0.25, 0.3) is 0 Å². The van der Waals surface area contributed by atoms with E-state index in [1.807, 2.05) is 0 Å². The molecule has 1 amide bonds. The summed E-state index contributed by atoms with van der Waals surface area (Å²) in [6.45, 7) is 0.601. The molecule has 13 heavy (non-hydrogen) atoms. The summed E-state index contributed by atoms with van der Waals surface area (Å²) in [4.78, 5) is 23.6. The molecule has 2 rings (SSSR count). The first-order valence-corrected chi connectivity index (χ1v) is 4.72. The van der Waals surface area contributed by atoms with Crippen molar-refractivity contribution in [3.05, 3.63) is 0 Å². The molecule has 4 heteroatoms. The van der Waals surface area contributed by atoms with Gasteiger partial charge >= 0.3 is 6.09 Å². The Bertz CT molecular complexity index is 251. The molecule has 0 bridgehead atoms. The van der Waals surface area contributed by atoms with Crippen LogP contribution in [0.25, 0.3) is 0 Å². The lowest BCUT2D eigenvalue weighted by Crippen LogP contribution is -2.46. The summed E-state index contributed by atoms with van der Waals surface area (Å²) >= 11 is 0. The largest absolute Gasteiger partial charge is 0.465 e. The van der Waals surface area contributed by atoms with Crippen molar-refractivity contribution in [2.45, 2.75) is 31.7 Å². The van der Waals surface area contributed by atoms with Gasteiger partial charge in [-0.1, -0.05) is 0 Å². The first kappa shape index (κ1) is 8.53. The molecule has 1 aliphatic carbocycles. The summed E-state index contributed by atoms with van der Waals surface area (Å²) in [7, 11) is 0. The molecule has 0 aromatic rings. The van der Waals surface area contributed by atoms with Crippen molar-refractivity contribution in [1.29, 1.82) is 0 Å². The highest BCUT2D eigenvalue weighted by Crippen LogP contribution is 2.34. The number of hydrogen-bond acceptors (Lipinski definition) is 2. The van der Waals surface area contributed by atoms with Gasteiger partial charge in [-0.05, 0) is 19.3 Å². The predicted molar refractivity (Wildman–Crippen MR) is 45.5 cm³/mol. The van der Waals surface area contributed by atoms with Crippen LogP contribution >= 0.6 is 0 Å². The average molecular weight is 183 g/mol. The van der Waals surface area contributed by atoms with E-state index in [0.717, 1.165) is 19.3 Å². The number of likely N-dealkylation sites (tertiary alicyclic amines) is 1. The van der Waals surface area contributed by atoms with Crippen molar-refractivity contribution in [3.63, 3.8) is 0 Å². The van der Waals surface area contributed by atoms with E-state index in [0.29, 0.717) is 13.0 Å². The Morgan fingerprint density at radius 2 is 2.23 bits per heavy atom. The maximum absolute atomic E-state index is 11.4. The Hall–Kier alpha value is -1.06. The van der Waals surface area contributed by atoms with Crippen LogP contribution in [-0.4, -0.2) is 34.5 Å². The Morgan fingerprint density at radius 3 is 2.92 bits per heavy atom. The first-order chi connectivity index (χ1) is 6.20. The molecule has 2 atom stereocenters. The average Bonchev–Trinajstić information content (AvgIpc) is 2.48. The van der Waals surface area contributed by atoms with Crippen molar-refractivity contribution in [3.8, 4) is 0 Å². The van der Waals surface area contributed by atoms with Gasteiger partial charge in [0.15, 0.2) is 0 Å². The minimum absolute atomic E-state index is 0.00449. The summed E-state index contributed by atoms with van der Waals surface area (Å²) in [5.41, 5.74) is 0. The van der Waals surface area contributed by atoms with E-state index in [1.54, 1.807) is 0 Å². The fourth-order valence-electron chi connectivity index (χ4n) is 2.50. The van der Waals surface area contributed by atoms with Crippen LogP contribution < -0.4 is 0 Å². The smallest absolute Gasteiger partial charge is 0.407 e. The number of fused-ring (bicyclic) bond motifs is 1. The lowest BCUT2D eigenvalue weighted by molar-refractivity contribution is -0.122. The molecule has 0 aromatic heterocycles. The van der Waals surface area contributed by atoms with Crippen LogP contribution in [0.15, 0.2) is 0 Å². The molecule has 2 fully saturated rings. The van der Waals surface area contributed by atoms with E-state index in [-0.39, 0.29) is 17.7 Å². The van der Waals surface area contributed by atoms with Gasteiger partial charge in [-0.3, -0.25) is 4.79 Å². The quantitative estimate of drug-likeness (QED) is 0.612. The van der Waals surface area contributed by atoms with Crippen LogP contribution in [0.4, 0.5) is 4.79 Å². The first-order valence-electron chi connectivity index (χ1n) is 4.72. The Balaban J connectivity index is 2.16. The predicted octanol–water partition coefficient (Wildman–Crippen LogP) is 1.11. The minimum Gasteiger partial charge on any atom is -0.465 e. The van der Waals surface area contributed by atoms with Crippen LogP contribution in [0.1, 0.15) is 25.7 Å². The van der Waals surface area contributed by atoms with Gasteiger partial charge in [0.1, 0.15) is 5.78 Å². The van der Waals surface area contributed by atoms with Crippen molar-refractivity contribution in [2.24, 2.45) is 5.92 Å². The van der Waals surface area contributed by atoms with Crippen LogP contribution in [-0.2, 0) is 4.79 Å². The van der Waals surface area contributed by atoms with Gasteiger partial charge in [0, 0.05) is 24.9 Å². The molecule has 0 unspecified atom stereocenters. The number of ketones is 1. The molecule has 0 radical (unpaired) electrons. The zero-order chi connectivity index (χ0) is 9.42. The maximum Gasteiger partial charge on any atom is 0.407 e. The number of carbonyl (C=O) groups excluding carboxylic acids is 1. The number of hydrogen-bond donors (Lipinski definition) is 1. The van der Waals surface area contributed by atoms with Gasteiger partial charge in [-0.15, -0.1) is 0 Å². The number of amides is 1. The molecule has 72 valence electrons. The number of rotatable bonds is 0. The van der Waals surface area contributed by atoms with Crippen LogP contribution in [0.3, 0.4) is 0 Å². The normalized spacial score (nSPS) is 33.2. The summed E-state index contributed by atoms with van der Waals surface area (Å²) in [6.07, 6.45) is 2.14. The molecule has 2 aliphatic rings. The second kappa shape index (κ2) is 3.01. The number of piperidine rings is 1. The lowest BCUT2D eigenvalue weighted by atomic mass is 9.92. The molecule has 0 spiro atoms. The Morgan fingerprint density at radius 1 is 1.46 bits per heavy atom. The highest BCUT2D eigenvalue weighted by atomic mass is 16.4. The SMILES string of the molecule is O=C1CC[C@H]2[C@@H]1CCCN2C(=O)O. The van der Waals surface area contributed by atoms with Crippen LogP contribution in [0, 0.1) is 5.92 Å². The minimum atomic E-state index is -0.871. The van der Waals surface area contributed by atoms with Crippen LogP contribution in [0.2, 0.25) is 0 Å². The van der Waals surface area contributed by atoms with E-state index in [4.69, 9.17) is 5.11 Å². The molecule has 1 heterocycles. The standard InChI is InChI=1S/C9H13NO3/c11-8-4-3-7-6(8)2-1-5-10(7)9(12)13/h6-7H,1-5H2,(H,12,13)/t6-,7-/m0/s1. The van der Waals surface area contributed by atoms with E-state index in [1.165, 1.54) is 4.90 Å². The Labute approximate surface area is 76.5 Å². The van der Waals surface area contributed by atoms with E-state index < -0.39 is 6.09 Å². The molecular formula is C9H13NO3. The fourth-order valence-corrected chi connectivity index (χ4v) is 2.50. The molecule has 1 saturated carbocycles. The topological polar surface area (TPSA) is 57.6 Å². The number of Topliss-reactive ketones (excluding diaryl/α,β-unsaturated/α-hetero) is 1. The van der Waals surface area contributed by atoms with Crippen molar-refractivity contribution < 1.29 is 14.7 Å². The van der Waals surface area contributed by atoms with Crippen molar-refractivity contribution in [1.82, 2.24) is 4.90 Å². The molecule has 0 aromatic carbocycles. The van der Waals surface area contributed by atoms with Gasteiger partial charge in [0.05, 0.1) is 0 Å². The van der Waals surface area contributed by atoms with E-state index in [9.17, 15) is 9.59 Å². The number of carbonyl (C=O) groups is 2. The third-order valence-corrected chi connectivity index (χ3v) is 3.12. The third kappa shape index (κ3) is 1.30. The zero-order valence-corrected chi connectivity index (χ0v) is 7.40. The third-order valence-electron chi connectivity index (χ3n) is 3.12. The van der Waals surface area contributed by atoms with Gasteiger partial charge < -0.3 is 10.0 Å². The Kier molecular flexibility index (Phi) is 1.98. The van der Waals surface area contributed by atoms with E-state index >= 15 is 0 Å². The zero-order valence-electron chi connectivity index (χ0n) is 7.40. The second-order valence-corrected chi connectivity index (χ2v) is 3.80. The summed E-state index contributed by atoms with van der Waals surface area (Å²) in [5, 5.41) is 8.89. The molecular weight excluding hydrogens is 170 g/mol. The fraction of sp³-hybridized carbons (Fsp3) is 0.778. The molecule has 1 saturated heterocycles. The highest BCUT2D eigenvalue weighted by Gasteiger charge is 2.42. The monoisotopic (exact) mass is 183 g/mol. The van der Waals surface area contributed by atoms with E-state index in [2.05, 4.69) is 0 Å². The van der Waals surface area contributed by atoms with Crippen molar-refractivity contribution in [2.75, 3.05) is 6.54 Å². The maximum atomic E-state index is 11.4. The second-order valence-electron chi connectivity index (χ2n) is 3.80. The van der Waals surface area contributed by atoms with Crippen molar-refractivity contribution >= 4 is 11.9 Å². The summed E-state index contributed by atoms with van der Waals surface area (Å²) < 4.78 is 0. The summed E-state index contributed by atoms with van der Waals surface area (Å²) in [5.74, 6) is 0.265. The molecule has 1 aliphatic heterocycles. The molecule has 4 nitrogen and oxygen atoms in total. The number of nitrogens with zero attached hydrogens (tertiary/aromatic N) is 1. The van der Waals surface area contributed by atoms with Crippen LogP contribution in [0.5, 0.6) is 0 Å². The molecule has 1 N–H and O–H groups in total. The lowest BCUT2D eigenvalue weighted by Gasteiger charge is -2.34. The van der Waals surface area contributed by atoms with Gasteiger partial charge in [-0.25, -0.2) is 4.79 Å². The van der Waals surface area contributed by atoms with Gasteiger partial charge in [0.2, 0.25) is 0 Å². The number of carboxylic acid groups (broad SMARTS) is 1.